The normalized spacial score (nSPS) is 10.6. The van der Waals surface area contributed by atoms with Crippen LogP contribution < -0.4 is 10.1 Å². The Morgan fingerprint density at radius 2 is 1.81 bits per heavy atom. The van der Waals surface area contributed by atoms with E-state index in [0.717, 1.165) is 5.75 Å². The molecule has 0 unspecified atom stereocenters. The molecule has 1 aromatic carbocycles. The van der Waals surface area contributed by atoms with Gasteiger partial charge in [-0.15, -0.1) is 0 Å². The van der Waals surface area contributed by atoms with E-state index in [9.17, 15) is 9.59 Å². The van der Waals surface area contributed by atoms with Crippen LogP contribution in [-0.4, -0.2) is 36.6 Å². The minimum absolute atomic E-state index is 0.252. The van der Waals surface area contributed by atoms with Gasteiger partial charge >= 0.3 is 5.97 Å². The maximum Gasteiger partial charge on any atom is 0.339 e. The fourth-order valence-corrected chi connectivity index (χ4v) is 2.49. The summed E-state index contributed by atoms with van der Waals surface area (Å²) in [5, 5.41) is 2.76. The van der Waals surface area contributed by atoms with Gasteiger partial charge in [-0.3, -0.25) is 4.79 Å². The summed E-state index contributed by atoms with van der Waals surface area (Å²) in [6, 6.07) is 11.0. The molecule has 0 spiro atoms. The first-order valence-electron chi connectivity index (χ1n) is 9.08. The number of amides is 1. The van der Waals surface area contributed by atoms with Crippen LogP contribution in [0.25, 0.3) is 0 Å². The van der Waals surface area contributed by atoms with Gasteiger partial charge in [0.2, 0.25) is 0 Å². The number of aryl methyl sites for hydroxylation is 1. The van der Waals surface area contributed by atoms with E-state index in [1.54, 1.807) is 19.9 Å². The van der Waals surface area contributed by atoms with E-state index in [-0.39, 0.29) is 11.6 Å². The monoisotopic (exact) mass is 370 g/mol. The first-order valence-corrected chi connectivity index (χ1v) is 9.08. The lowest BCUT2D eigenvalue weighted by molar-refractivity contribution is 0.0524. The number of esters is 1. The molecule has 6 nitrogen and oxygen atoms in total. The average molecular weight is 370 g/mol. The summed E-state index contributed by atoms with van der Waals surface area (Å²) in [4.78, 5) is 28.1. The molecule has 2 aromatic rings. The molecule has 0 radical (unpaired) electrons. The van der Waals surface area contributed by atoms with Crippen molar-refractivity contribution in [1.82, 2.24) is 10.3 Å². The summed E-state index contributed by atoms with van der Waals surface area (Å²) < 4.78 is 10.6. The van der Waals surface area contributed by atoms with Crippen molar-refractivity contribution in [2.75, 3.05) is 19.8 Å². The molecule has 0 aliphatic heterocycles. The number of hydrogen-bond donors (Lipinski definition) is 1. The quantitative estimate of drug-likeness (QED) is 0.568. The number of aromatic nitrogens is 1. The topological polar surface area (TPSA) is 77.5 Å². The van der Waals surface area contributed by atoms with Gasteiger partial charge in [0.05, 0.1) is 24.4 Å². The standard InChI is InChI=1S/C21H26N2O4/c1-5-26-21(25)18-10-11-19(23-15(18)4)20(24)22-12-13-27-17-8-6-16(7-9-17)14(2)3/h6-11,14H,5,12-13H2,1-4H3,(H,22,24). The van der Waals surface area contributed by atoms with Crippen molar-refractivity contribution in [2.24, 2.45) is 0 Å². The third-order valence-electron chi connectivity index (χ3n) is 4.02. The van der Waals surface area contributed by atoms with Gasteiger partial charge < -0.3 is 14.8 Å². The van der Waals surface area contributed by atoms with Crippen molar-refractivity contribution in [2.45, 2.75) is 33.6 Å². The predicted molar refractivity (Wildman–Crippen MR) is 103 cm³/mol. The van der Waals surface area contributed by atoms with E-state index in [4.69, 9.17) is 9.47 Å². The molecule has 144 valence electrons. The first kappa shape index (κ1) is 20.4. The highest BCUT2D eigenvalue weighted by Gasteiger charge is 2.14. The average Bonchev–Trinajstić information content (AvgIpc) is 2.65. The van der Waals surface area contributed by atoms with Crippen LogP contribution >= 0.6 is 0 Å². The molecule has 0 aliphatic rings. The second kappa shape index (κ2) is 9.71. The smallest absolute Gasteiger partial charge is 0.339 e. The van der Waals surface area contributed by atoms with E-state index in [1.807, 2.05) is 24.3 Å². The third kappa shape index (κ3) is 5.81. The fraction of sp³-hybridized carbons (Fsp3) is 0.381. The molecule has 1 heterocycles. The van der Waals surface area contributed by atoms with E-state index in [2.05, 4.69) is 24.1 Å². The zero-order chi connectivity index (χ0) is 19.8. The fourth-order valence-electron chi connectivity index (χ4n) is 2.49. The van der Waals surface area contributed by atoms with Gasteiger partial charge in [0.25, 0.3) is 5.91 Å². The van der Waals surface area contributed by atoms with Crippen LogP contribution in [0, 0.1) is 6.92 Å². The molecule has 0 atom stereocenters. The Bertz CT molecular complexity index is 785. The van der Waals surface area contributed by atoms with Crippen LogP contribution in [0.1, 0.15) is 58.8 Å². The number of rotatable bonds is 8. The largest absolute Gasteiger partial charge is 0.492 e. The number of benzene rings is 1. The molecule has 0 aliphatic carbocycles. The first-order chi connectivity index (χ1) is 12.9. The summed E-state index contributed by atoms with van der Waals surface area (Å²) in [6.45, 7) is 8.69. The predicted octanol–water partition coefficient (Wildman–Crippen LogP) is 3.50. The third-order valence-corrected chi connectivity index (χ3v) is 4.02. The lowest BCUT2D eigenvalue weighted by Gasteiger charge is -2.10. The molecule has 2 rings (SSSR count). The van der Waals surface area contributed by atoms with Crippen LogP contribution in [0.3, 0.4) is 0 Å². The number of pyridine rings is 1. The maximum absolute atomic E-state index is 12.2. The number of carbonyl (C=O) groups excluding carboxylic acids is 2. The van der Waals surface area contributed by atoms with Crippen molar-refractivity contribution in [3.05, 3.63) is 58.9 Å². The highest BCUT2D eigenvalue weighted by molar-refractivity contribution is 5.95. The number of hydrogen-bond acceptors (Lipinski definition) is 5. The van der Waals surface area contributed by atoms with Gasteiger partial charge in [0.1, 0.15) is 18.1 Å². The summed E-state index contributed by atoms with van der Waals surface area (Å²) in [7, 11) is 0. The van der Waals surface area contributed by atoms with Gasteiger partial charge in [0.15, 0.2) is 0 Å². The summed E-state index contributed by atoms with van der Waals surface area (Å²) in [5.74, 6) is 0.490. The Morgan fingerprint density at radius 1 is 1.11 bits per heavy atom. The molecule has 1 amide bonds. The van der Waals surface area contributed by atoms with Crippen LogP contribution in [0.5, 0.6) is 5.75 Å². The highest BCUT2D eigenvalue weighted by Crippen LogP contribution is 2.18. The van der Waals surface area contributed by atoms with Crippen molar-refractivity contribution in [3.8, 4) is 5.75 Å². The molecule has 0 bridgehead atoms. The number of carbonyl (C=O) groups is 2. The summed E-state index contributed by atoms with van der Waals surface area (Å²) >= 11 is 0. The van der Waals surface area contributed by atoms with Crippen molar-refractivity contribution in [3.63, 3.8) is 0 Å². The Hall–Kier alpha value is -2.89. The van der Waals surface area contributed by atoms with Crippen LogP contribution in [0.4, 0.5) is 0 Å². The summed E-state index contributed by atoms with van der Waals surface area (Å²) in [5.41, 5.74) is 2.33. The summed E-state index contributed by atoms with van der Waals surface area (Å²) in [6.07, 6.45) is 0. The number of nitrogens with one attached hydrogen (secondary N) is 1. The Morgan fingerprint density at radius 3 is 2.41 bits per heavy atom. The van der Waals surface area contributed by atoms with E-state index < -0.39 is 5.97 Å². The lowest BCUT2D eigenvalue weighted by Crippen LogP contribution is -2.29. The Labute approximate surface area is 159 Å². The Kier molecular flexibility index (Phi) is 7.34. The molecular formula is C21H26N2O4. The Balaban J connectivity index is 1.83. The maximum atomic E-state index is 12.2. The van der Waals surface area contributed by atoms with Crippen molar-refractivity contribution < 1.29 is 19.1 Å². The number of ether oxygens (including phenoxy) is 2. The molecule has 0 saturated carbocycles. The highest BCUT2D eigenvalue weighted by atomic mass is 16.5. The minimum Gasteiger partial charge on any atom is -0.492 e. The molecule has 1 N–H and O–H groups in total. The molecule has 1 aromatic heterocycles. The number of nitrogens with zero attached hydrogens (tertiary/aromatic N) is 1. The zero-order valence-corrected chi connectivity index (χ0v) is 16.2. The van der Waals surface area contributed by atoms with E-state index >= 15 is 0 Å². The minimum atomic E-state index is -0.439. The van der Waals surface area contributed by atoms with E-state index in [1.165, 1.54) is 11.6 Å². The van der Waals surface area contributed by atoms with Gasteiger partial charge in [0, 0.05) is 0 Å². The van der Waals surface area contributed by atoms with Gasteiger partial charge in [-0.25, -0.2) is 9.78 Å². The molecule has 27 heavy (non-hydrogen) atoms. The molecular weight excluding hydrogens is 344 g/mol. The van der Waals surface area contributed by atoms with Crippen molar-refractivity contribution in [1.29, 1.82) is 0 Å². The van der Waals surface area contributed by atoms with Gasteiger partial charge in [-0.2, -0.15) is 0 Å². The van der Waals surface area contributed by atoms with Crippen LogP contribution in [0.15, 0.2) is 36.4 Å². The molecule has 0 fully saturated rings. The van der Waals surface area contributed by atoms with Crippen molar-refractivity contribution >= 4 is 11.9 Å². The second-order valence-electron chi connectivity index (χ2n) is 6.38. The SMILES string of the molecule is CCOC(=O)c1ccc(C(=O)NCCOc2ccc(C(C)C)cc2)nc1C. The molecule has 6 heteroatoms. The second-order valence-corrected chi connectivity index (χ2v) is 6.38. The van der Waals surface area contributed by atoms with Crippen LogP contribution in [-0.2, 0) is 4.74 Å². The van der Waals surface area contributed by atoms with E-state index in [0.29, 0.717) is 36.9 Å². The lowest BCUT2D eigenvalue weighted by atomic mass is 10.0. The van der Waals surface area contributed by atoms with Gasteiger partial charge in [-0.05, 0) is 49.6 Å². The molecule has 0 saturated heterocycles. The van der Waals surface area contributed by atoms with Gasteiger partial charge in [-0.1, -0.05) is 26.0 Å². The van der Waals surface area contributed by atoms with Crippen LogP contribution in [0.2, 0.25) is 0 Å². The zero-order valence-electron chi connectivity index (χ0n) is 16.2.